The maximum atomic E-state index is 8.81. The third-order valence-corrected chi connectivity index (χ3v) is 9.12. The predicted molar refractivity (Wildman–Crippen MR) is 190 cm³/mol. The van der Waals surface area contributed by atoms with Gasteiger partial charge < -0.3 is 15.4 Å². The van der Waals surface area contributed by atoms with E-state index in [0.717, 1.165) is 52.5 Å². The molecule has 0 radical (unpaired) electrons. The van der Waals surface area contributed by atoms with Crippen molar-refractivity contribution in [3.8, 4) is 21.7 Å². The molecule has 0 unspecified atom stereocenters. The number of anilines is 2. The van der Waals surface area contributed by atoms with Gasteiger partial charge in [-0.1, -0.05) is 44.2 Å². The molecule has 0 atom stereocenters. The first-order valence-corrected chi connectivity index (χ1v) is 16.7. The van der Waals surface area contributed by atoms with Gasteiger partial charge in [0.1, 0.15) is 16.8 Å². The number of aldehydes is 1. The van der Waals surface area contributed by atoms with Gasteiger partial charge in [-0.2, -0.15) is 0 Å². The first-order chi connectivity index (χ1) is 21.9. The van der Waals surface area contributed by atoms with Crippen molar-refractivity contribution in [3.05, 3.63) is 88.2 Å². The van der Waals surface area contributed by atoms with Crippen molar-refractivity contribution >= 4 is 40.0 Å². The third kappa shape index (κ3) is 8.00. The van der Waals surface area contributed by atoms with Crippen LogP contribution >= 0.6 is 11.3 Å². The molecule has 5 aromatic rings. The Morgan fingerprint density at radius 1 is 0.933 bits per heavy atom. The van der Waals surface area contributed by atoms with Crippen molar-refractivity contribution in [3.63, 3.8) is 0 Å². The van der Waals surface area contributed by atoms with Crippen LogP contribution in [0.1, 0.15) is 60.9 Å². The quantitative estimate of drug-likeness (QED) is 0.168. The van der Waals surface area contributed by atoms with Crippen LogP contribution in [0.25, 0.3) is 32.6 Å². The maximum absolute atomic E-state index is 8.81. The fraction of sp³-hybridized carbons (Fsp3) is 0.351. The van der Waals surface area contributed by atoms with Gasteiger partial charge in [0.2, 0.25) is 0 Å². The minimum absolute atomic E-state index is 0.750. The fourth-order valence-corrected chi connectivity index (χ4v) is 6.86. The molecule has 0 saturated carbocycles. The summed E-state index contributed by atoms with van der Waals surface area (Å²) in [7, 11) is 1.98. The molecule has 3 aromatic heterocycles. The van der Waals surface area contributed by atoms with Crippen LogP contribution in [0.2, 0.25) is 0 Å². The Labute approximate surface area is 272 Å². The summed E-state index contributed by atoms with van der Waals surface area (Å²) in [5, 5.41) is 9.05. The molecule has 6 rings (SSSR count). The van der Waals surface area contributed by atoms with E-state index >= 15 is 0 Å². The second-order valence-electron chi connectivity index (χ2n) is 10.9. The van der Waals surface area contributed by atoms with Gasteiger partial charge in [0.05, 0.1) is 5.69 Å². The van der Waals surface area contributed by atoms with E-state index in [1.165, 1.54) is 71.1 Å². The van der Waals surface area contributed by atoms with E-state index in [1.54, 1.807) is 11.3 Å². The summed E-state index contributed by atoms with van der Waals surface area (Å²) in [5.41, 5.74) is 10.3. The summed E-state index contributed by atoms with van der Waals surface area (Å²) >= 11 is 1.77. The van der Waals surface area contributed by atoms with E-state index in [4.69, 9.17) is 14.8 Å². The van der Waals surface area contributed by atoms with Crippen LogP contribution < -0.4 is 10.6 Å². The Hall–Kier alpha value is -3.98. The van der Waals surface area contributed by atoms with Crippen molar-refractivity contribution < 1.29 is 4.79 Å². The topological polar surface area (TPSA) is 83.0 Å². The number of hydrogen-bond acceptors (Lipinski definition) is 8. The number of thiazole rings is 1. The summed E-state index contributed by atoms with van der Waals surface area (Å²) < 4.78 is 0. The van der Waals surface area contributed by atoms with Gasteiger partial charge in [0.25, 0.3) is 0 Å². The number of aromatic nitrogens is 3. The van der Waals surface area contributed by atoms with Gasteiger partial charge >= 0.3 is 0 Å². The number of nitrogens with zero attached hydrogens (tertiary/aromatic N) is 4. The molecule has 2 N–H and O–H groups in total. The molecule has 0 aliphatic carbocycles. The third-order valence-electron chi connectivity index (χ3n) is 7.93. The average molecular weight is 623 g/mol. The molecular formula is C37H46N6OS. The monoisotopic (exact) mass is 622 g/mol. The maximum Gasteiger partial charge on any atom is 0.156 e. The zero-order chi connectivity index (χ0) is 32.3. The zero-order valence-corrected chi connectivity index (χ0v) is 28.5. The highest BCUT2D eigenvalue weighted by molar-refractivity contribution is 7.15. The summed E-state index contributed by atoms with van der Waals surface area (Å²) in [5.74, 6) is 0.784. The second kappa shape index (κ2) is 16.4. The number of hydrogen-bond donors (Lipinski definition) is 2. The van der Waals surface area contributed by atoms with E-state index < -0.39 is 0 Å². The minimum atomic E-state index is 0.750. The molecule has 0 amide bonds. The molecular weight excluding hydrogens is 577 g/mol. The number of rotatable bonds is 8. The first-order valence-electron chi connectivity index (χ1n) is 15.9. The number of fused-ring (bicyclic) bond motifs is 1. The lowest BCUT2D eigenvalue weighted by molar-refractivity contribution is -0.106. The van der Waals surface area contributed by atoms with Crippen LogP contribution in [0.15, 0.2) is 60.9 Å². The Balaban J connectivity index is 0.000000871. The lowest BCUT2D eigenvalue weighted by atomic mass is 9.93. The molecule has 1 saturated heterocycles. The smallest absolute Gasteiger partial charge is 0.156 e. The van der Waals surface area contributed by atoms with Crippen LogP contribution in [-0.2, 0) is 17.9 Å². The normalized spacial score (nSPS) is 12.7. The Kier molecular flexibility index (Phi) is 12.3. The Morgan fingerprint density at radius 2 is 1.60 bits per heavy atom. The number of nitrogens with one attached hydrogen (secondary N) is 2. The van der Waals surface area contributed by atoms with E-state index in [0.29, 0.717) is 0 Å². The van der Waals surface area contributed by atoms with Gasteiger partial charge in [-0.15, -0.1) is 11.3 Å². The van der Waals surface area contributed by atoms with Gasteiger partial charge in [0.15, 0.2) is 5.82 Å². The van der Waals surface area contributed by atoms with Crippen LogP contribution in [0, 0.1) is 20.8 Å². The number of likely N-dealkylation sites (tertiary alicyclic amines) is 1. The minimum Gasteiger partial charge on any atom is -0.338 e. The highest BCUT2D eigenvalue weighted by Gasteiger charge is 2.17. The number of benzene rings is 2. The second-order valence-corrected chi connectivity index (χ2v) is 12.0. The molecule has 2 aromatic carbocycles. The highest BCUT2D eigenvalue weighted by Crippen LogP contribution is 2.38. The van der Waals surface area contributed by atoms with Crippen molar-refractivity contribution in [2.45, 2.75) is 67.5 Å². The van der Waals surface area contributed by atoms with Gasteiger partial charge in [-0.25, -0.2) is 9.97 Å². The lowest BCUT2D eigenvalue weighted by Crippen LogP contribution is -2.18. The first kappa shape index (κ1) is 33.9. The van der Waals surface area contributed by atoms with Crippen molar-refractivity contribution in [1.82, 2.24) is 25.2 Å². The summed E-state index contributed by atoms with van der Waals surface area (Å²) in [4.78, 5) is 27.0. The lowest BCUT2D eigenvalue weighted by Gasteiger charge is -2.17. The summed E-state index contributed by atoms with van der Waals surface area (Å²) in [6, 6.07) is 17.3. The van der Waals surface area contributed by atoms with E-state index in [2.05, 4.69) is 89.8 Å². The SMILES string of the molecule is CC.CC=O.CNCc1sc(-c2cccc(-c3cccc(Nc4nccc5cc(CN6CCCC6)cnc45)c3C)c2C)nc1C. The van der Waals surface area contributed by atoms with Gasteiger partial charge in [-0.3, -0.25) is 9.88 Å². The number of aryl methyl sites for hydroxylation is 1. The van der Waals surface area contributed by atoms with E-state index in [9.17, 15) is 0 Å². The van der Waals surface area contributed by atoms with Crippen LogP contribution in [0.4, 0.5) is 11.5 Å². The van der Waals surface area contributed by atoms with Gasteiger partial charge in [-0.05, 0) is 107 Å². The van der Waals surface area contributed by atoms with Crippen molar-refractivity contribution in [1.29, 1.82) is 0 Å². The standard InChI is InChI=1S/C33H36N6S.C2H4O.C2H6/c1-21-26(9-7-11-28(21)33-37-23(3)30(40-33)19-34-4)27-10-8-12-29(22(27)2)38-32-31-25(13-14-35-32)17-24(18-36-31)20-39-15-5-6-16-39;1-2-3;1-2/h7-14,17-18,34H,5-6,15-16,19-20H2,1-4H3,(H,35,38);2H,1H3;1-2H3. The number of pyridine rings is 2. The number of carbonyl (C=O) groups is 1. The molecule has 0 spiro atoms. The Morgan fingerprint density at radius 3 is 2.31 bits per heavy atom. The van der Waals surface area contributed by atoms with Crippen LogP contribution in [-0.4, -0.2) is 46.3 Å². The van der Waals surface area contributed by atoms with Crippen molar-refractivity contribution in [2.24, 2.45) is 0 Å². The molecule has 1 aliphatic heterocycles. The predicted octanol–water partition coefficient (Wildman–Crippen LogP) is 8.64. The van der Waals surface area contributed by atoms with Crippen LogP contribution in [0.5, 0.6) is 0 Å². The number of carbonyl (C=O) groups excluding carboxylic acids is 1. The molecule has 8 heteroatoms. The fourth-order valence-electron chi connectivity index (χ4n) is 5.70. The molecule has 7 nitrogen and oxygen atoms in total. The Bertz CT molecular complexity index is 1720. The summed E-state index contributed by atoms with van der Waals surface area (Å²) in [6.45, 7) is 16.1. The molecule has 0 bridgehead atoms. The largest absolute Gasteiger partial charge is 0.338 e. The molecule has 1 fully saturated rings. The molecule has 236 valence electrons. The molecule has 45 heavy (non-hydrogen) atoms. The zero-order valence-electron chi connectivity index (χ0n) is 27.7. The molecule has 4 heterocycles. The molecule has 1 aliphatic rings. The van der Waals surface area contributed by atoms with Crippen LogP contribution in [0.3, 0.4) is 0 Å². The summed E-state index contributed by atoms with van der Waals surface area (Å²) in [6.07, 6.45) is 7.22. The average Bonchev–Trinajstić information content (AvgIpc) is 3.69. The highest BCUT2D eigenvalue weighted by atomic mass is 32.1. The van der Waals surface area contributed by atoms with E-state index in [1.807, 2.05) is 33.3 Å². The van der Waals surface area contributed by atoms with E-state index in [-0.39, 0.29) is 0 Å². The van der Waals surface area contributed by atoms with Gasteiger partial charge in [0, 0.05) is 47.0 Å². The van der Waals surface area contributed by atoms with Crippen molar-refractivity contribution in [2.75, 3.05) is 25.5 Å².